The van der Waals surface area contributed by atoms with Gasteiger partial charge in [0.15, 0.2) is 0 Å². The number of carbonyl (C=O) groups excluding carboxylic acids is 2. The summed E-state index contributed by atoms with van der Waals surface area (Å²) in [6, 6.07) is 0. The molecular weight excluding hydrogens is 360 g/mol. The number of ether oxygens (including phenoxy) is 2. The molecule has 0 spiro atoms. The first-order valence-electron chi connectivity index (χ1n) is 8.03. The van der Waals surface area contributed by atoms with Crippen LogP contribution in [0.1, 0.15) is 25.7 Å². The first kappa shape index (κ1) is 21.5. The smallest absolute Gasteiger partial charge is 0.440 e. The van der Waals surface area contributed by atoms with Gasteiger partial charge in [0.05, 0.1) is 6.26 Å². The maximum Gasteiger partial charge on any atom is 0.440 e. The van der Waals surface area contributed by atoms with Crippen LogP contribution in [0.4, 0.5) is 9.59 Å². The maximum atomic E-state index is 12.2. The number of hydrogen-bond acceptors (Lipinski definition) is 6. The predicted octanol–water partition coefficient (Wildman–Crippen LogP) is 3.12. The third-order valence-electron chi connectivity index (χ3n) is 3.27. The van der Waals surface area contributed by atoms with Gasteiger partial charge in [0.25, 0.3) is 0 Å². The molecule has 0 aromatic heterocycles. The van der Waals surface area contributed by atoms with Gasteiger partial charge in [-0.25, -0.2) is 18.0 Å². The van der Waals surface area contributed by atoms with Gasteiger partial charge in [0.1, 0.15) is 13.2 Å². The van der Waals surface area contributed by atoms with Crippen LogP contribution in [0.5, 0.6) is 0 Å². The first-order chi connectivity index (χ1) is 12.3. The number of carbonyl (C=O) groups is 2. The standard InChI is InChI=1S/C17H24N2O6S/c1-4-13-24-16(20)19(17(21)25-14-5-2)18(26(3,22)23)12-11-15-9-7-6-8-10-15/h4-5,9,11-12H,1-2,6-8,10,13-14H2,3H3/b12-11+. The average Bonchev–Trinajstić information content (AvgIpc) is 2.60. The van der Waals surface area contributed by atoms with Crippen molar-refractivity contribution >= 4 is 22.2 Å². The summed E-state index contributed by atoms with van der Waals surface area (Å²) in [5.41, 5.74) is 0.920. The monoisotopic (exact) mass is 384 g/mol. The SMILES string of the molecule is C=CCOC(=O)N(C(=O)OCC=C)N(/C=C/C1=CCCCC1)S(C)(=O)=O. The molecule has 1 aliphatic carbocycles. The summed E-state index contributed by atoms with van der Waals surface area (Å²) in [6.45, 7) is 6.40. The van der Waals surface area contributed by atoms with E-state index in [1.807, 2.05) is 6.08 Å². The molecule has 9 heteroatoms. The summed E-state index contributed by atoms with van der Waals surface area (Å²) < 4.78 is 34.4. The Labute approximate surface area is 154 Å². The Balaban J connectivity index is 3.17. The minimum absolute atomic E-state index is 0.198. The highest BCUT2D eigenvalue weighted by Gasteiger charge is 2.34. The van der Waals surface area contributed by atoms with E-state index < -0.39 is 22.2 Å². The van der Waals surface area contributed by atoms with E-state index >= 15 is 0 Å². The zero-order chi connectivity index (χ0) is 19.6. The molecule has 0 saturated heterocycles. The molecule has 26 heavy (non-hydrogen) atoms. The second-order valence-corrected chi connectivity index (χ2v) is 7.26. The first-order valence-corrected chi connectivity index (χ1v) is 9.88. The molecule has 0 heterocycles. The van der Waals surface area contributed by atoms with Crippen molar-refractivity contribution in [3.8, 4) is 0 Å². The van der Waals surface area contributed by atoms with Crippen molar-refractivity contribution in [3.63, 3.8) is 0 Å². The zero-order valence-electron chi connectivity index (χ0n) is 14.8. The van der Waals surface area contributed by atoms with Crippen LogP contribution in [-0.2, 0) is 19.5 Å². The van der Waals surface area contributed by atoms with E-state index in [4.69, 9.17) is 9.47 Å². The number of allylic oxidation sites excluding steroid dienone is 3. The fraction of sp³-hybridized carbons (Fsp3) is 0.412. The zero-order valence-corrected chi connectivity index (χ0v) is 15.6. The minimum atomic E-state index is -4.01. The Morgan fingerprint density at radius 2 is 1.73 bits per heavy atom. The second-order valence-electron chi connectivity index (χ2n) is 5.42. The Kier molecular flexibility index (Phi) is 8.63. The molecular formula is C17H24N2O6S. The normalized spacial score (nSPS) is 14.3. The third-order valence-corrected chi connectivity index (χ3v) is 4.24. The van der Waals surface area contributed by atoms with Gasteiger partial charge in [-0.3, -0.25) is 0 Å². The van der Waals surface area contributed by atoms with Crippen molar-refractivity contribution < 1.29 is 27.5 Å². The quantitative estimate of drug-likeness (QED) is 0.471. The highest BCUT2D eigenvalue weighted by Crippen LogP contribution is 2.19. The van der Waals surface area contributed by atoms with Crippen molar-refractivity contribution in [2.75, 3.05) is 19.5 Å². The van der Waals surface area contributed by atoms with Crippen molar-refractivity contribution in [2.45, 2.75) is 25.7 Å². The lowest BCUT2D eigenvalue weighted by molar-refractivity contribution is 0.0439. The van der Waals surface area contributed by atoms with E-state index in [0.29, 0.717) is 4.41 Å². The molecule has 0 N–H and O–H groups in total. The van der Waals surface area contributed by atoms with Gasteiger partial charge in [-0.1, -0.05) is 37.0 Å². The van der Waals surface area contributed by atoms with Gasteiger partial charge in [-0.05, 0) is 31.8 Å². The number of sulfonamides is 1. The summed E-state index contributed by atoms with van der Waals surface area (Å²) >= 11 is 0. The van der Waals surface area contributed by atoms with Crippen LogP contribution < -0.4 is 0 Å². The van der Waals surface area contributed by atoms with Crippen LogP contribution in [-0.4, -0.2) is 49.5 Å². The van der Waals surface area contributed by atoms with Crippen LogP contribution in [0.25, 0.3) is 0 Å². The summed E-state index contributed by atoms with van der Waals surface area (Å²) in [7, 11) is -4.01. The molecule has 0 aromatic rings. The number of rotatable bonds is 8. The lowest BCUT2D eigenvalue weighted by Crippen LogP contribution is -2.50. The van der Waals surface area contributed by atoms with Crippen LogP contribution in [0, 0.1) is 0 Å². The Morgan fingerprint density at radius 1 is 1.15 bits per heavy atom. The van der Waals surface area contributed by atoms with E-state index in [9.17, 15) is 18.0 Å². The number of hydrazine groups is 1. The fourth-order valence-corrected chi connectivity index (χ4v) is 2.83. The van der Waals surface area contributed by atoms with Crippen molar-refractivity contribution in [2.24, 2.45) is 0 Å². The van der Waals surface area contributed by atoms with E-state index in [1.165, 1.54) is 12.2 Å². The van der Waals surface area contributed by atoms with E-state index in [0.717, 1.165) is 43.7 Å². The highest BCUT2D eigenvalue weighted by atomic mass is 32.2. The number of imide groups is 1. The molecule has 1 rings (SSSR count). The molecule has 0 radical (unpaired) electrons. The number of hydrogen-bond donors (Lipinski definition) is 0. The van der Waals surface area contributed by atoms with Crippen molar-refractivity contribution in [3.05, 3.63) is 49.2 Å². The van der Waals surface area contributed by atoms with Crippen LogP contribution >= 0.6 is 0 Å². The van der Waals surface area contributed by atoms with Crippen LogP contribution in [0.2, 0.25) is 0 Å². The maximum absolute atomic E-state index is 12.2. The minimum Gasteiger partial charge on any atom is -0.444 e. The highest BCUT2D eigenvalue weighted by molar-refractivity contribution is 7.88. The molecule has 0 atom stereocenters. The molecule has 1 aliphatic rings. The largest absolute Gasteiger partial charge is 0.444 e. The number of amides is 2. The second kappa shape index (κ2) is 10.4. The molecule has 0 fully saturated rings. The van der Waals surface area contributed by atoms with Gasteiger partial charge < -0.3 is 9.47 Å². The summed E-state index contributed by atoms with van der Waals surface area (Å²) in [4.78, 5) is 24.4. The lowest BCUT2D eigenvalue weighted by atomic mass is 10.00. The fourth-order valence-electron chi connectivity index (χ4n) is 2.12. The van der Waals surface area contributed by atoms with Gasteiger partial charge in [-0.2, -0.15) is 4.41 Å². The number of nitrogens with zero attached hydrogens (tertiary/aromatic N) is 2. The van der Waals surface area contributed by atoms with E-state index in [1.54, 1.807) is 6.08 Å². The molecule has 0 aromatic carbocycles. The van der Waals surface area contributed by atoms with Crippen LogP contribution in [0.15, 0.2) is 49.2 Å². The molecule has 0 bridgehead atoms. The molecule has 8 nitrogen and oxygen atoms in total. The predicted molar refractivity (Wildman–Crippen MR) is 97.3 cm³/mol. The lowest BCUT2D eigenvalue weighted by Gasteiger charge is -2.28. The summed E-state index contributed by atoms with van der Waals surface area (Å²) in [6.07, 6.45) is 9.45. The molecule has 0 saturated carbocycles. The summed E-state index contributed by atoms with van der Waals surface area (Å²) in [5, 5.41) is 0.280. The van der Waals surface area contributed by atoms with Gasteiger partial charge >= 0.3 is 12.2 Å². The van der Waals surface area contributed by atoms with Crippen LogP contribution in [0.3, 0.4) is 0 Å². The van der Waals surface area contributed by atoms with Gasteiger partial charge in [-0.15, -0.1) is 5.01 Å². The molecule has 2 amide bonds. The molecule has 0 aliphatic heterocycles. The Bertz CT molecular complexity index is 672. The molecule has 144 valence electrons. The van der Waals surface area contributed by atoms with E-state index in [-0.39, 0.29) is 18.2 Å². The van der Waals surface area contributed by atoms with Gasteiger partial charge in [0.2, 0.25) is 10.0 Å². The van der Waals surface area contributed by atoms with Crippen molar-refractivity contribution in [1.29, 1.82) is 0 Å². The topological polar surface area (TPSA) is 93.2 Å². The Morgan fingerprint density at radius 3 is 2.15 bits per heavy atom. The molecule has 0 unspecified atom stereocenters. The average molecular weight is 384 g/mol. The third kappa shape index (κ3) is 6.75. The Hall–Kier alpha value is -2.55. The van der Waals surface area contributed by atoms with Gasteiger partial charge in [0, 0.05) is 6.20 Å². The summed E-state index contributed by atoms with van der Waals surface area (Å²) in [5.74, 6) is 0. The van der Waals surface area contributed by atoms with E-state index in [2.05, 4.69) is 13.2 Å². The van der Waals surface area contributed by atoms with Crippen molar-refractivity contribution in [1.82, 2.24) is 9.42 Å².